The molecule has 1 saturated heterocycles. The second-order valence-corrected chi connectivity index (χ2v) is 9.38. The summed E-state index contributed by atoms with van der Waals surface area (Å²) in [6.07, 6.45) is 7.64. The summed E-state index contributed by atoms with van der Waals surface area (Å²) >= 11 is 1.27. The van der Waals surface area contributed by atoms with E-state index in [0.29, 0.717) is 12.2 Å². The molecule has 2 N–H and O–H groups in total. The maximum absolute atomic E-state index is 11.4. The second-order valence-electron chi connectivity index (χ2n) is 8.28. The van der Waals surface area contributed by atoms with E-state index in [0.717, 1.165) is 29.7 Å². The molecule has 7 nitrogen and oxygen atoms in total. The number of hydrogen-bond donors (Lipinski definition) is 2. The van der Waals surface area contributed by atoms with Crippen LogP contribution in [0.25, 0.3) is 0 Å². The minimum absolute atomic E-state index is 0. The van der Waals surface area contributed by atoms with E-state index in [2.05, 4.69) is 31.7 Å². The van der Waals surface area contributed by atoms with Crippen LogP contribution in [0.5, 0.6) is 11.5 Å². The normalized spacial score (nSPS) is 29.3. The van der Waals surface area contributed by atoms with E-state index in [1.165, 1.54) is 18.7 Å². The van der Waals surface area contributed by atoms with Crippen LogP contribution in [0.1, 0.15) is 30.9 Å². The van der Waals surface area contributed by atoms with Crippen molar-refractivity contribution >= 4 is 28.8 Å². The summed E-state index contributed by atoms with van der Waals surface area (Å²) in [5, 5.41) is 12.7. The van der Waals surface area contributed by atoms with Crippen LogP contribution >= 0.6 is 11.8 Å². The number of rotatable bonds is 3. The molecule has 180 valence electrons. The van der Waals surface area contributed by atoms with Crippen LogP contribution in [-0.4, -0.2) is 46.1 Å². The number of ether oxygens (including phenoxy) is 2. The van der Waals surface area contributed by atoms with Gasteiger partial charge in [-0.25, -0.2) is 0 Å². The number of nitrogens with one attached hydrogen (secondary N) is 1. The third-order valence-electron chi connectivity index (χ3n) is 6.42. The van der Waals surface area contributed by atoms with Crippen molar-refractivity contribution < 1.29 is 60.1 Å². The van der Waals surface area contributed by atoms with E-state index >= 15 is 0 Å². The number of phenols is 1. The second kappa shape index (κ2) is 11.5. The summed E-state index contributed by atoms with van der Waals surface area (Å²) in [5.74, 6) is 0.951. The molecule has 0 radical (unpaired) electrons. The van der Waals surface area contributed by atoms with Crippen LogP contribution in [0.3, 0.4) is 0 Å². The molecule has 1 aromatic carbocycles. The van der Waals surface area contributed by atoms with Crippen LogP contribution in [-0.2, 0) is 31.0 Å². The third kappa shape index (κ3) is 5.03. The number of allylic oxidation sites excluding steroid dienone is 1. The zero-order chi connectivity index (χ0) is 23.0. The molecule has 2 aliphatic heterocycles. The van der Waals surface area contributed by atoms with E-state index in [1.54, 1.807) is 6.07 Å². The topological polar surface area (TPSA) is 102 Å². The fourth-order valence-corrected chi connectivity index (χ4v) is 6.03. The van der Waals surface area contributed by atoms with Gasteiger partial charge >= 0.3 is 37.1 Å². The molecule has 5 atom stereocenters. The fraction of sp³-hybridized carbons (Fsp3) is 0.400. The van der Waals surface area contributed by atoms with Crippen molar-refractivity contribution in [3.63, 3.8) is 0 Å². The predicted molar refractivity (Wildman–Crippen MR) is 126 cm³/mol. The molecule has 0 aromatic heterocycles. The van der Waals surface area contributed by atoms with Crippen molar-refractivity contribution in [1.82, 2.24) is 5.32 Å². The predicted octanol–water partition coefficient (Wildman–Crippen LogP) is 2.91. The van der Waals surface area contributed by atoms with Crippen LogP contribution in [0.2, 0.25) is 0 Å². The zero-order valence-corrected chi connectivity index (χ0v) is 24.3. The molecule has 1 aromatic rings. The Morgan fingerprint density at radius 2 is 2.12 bits per heavy atom. The molecule has 1 amide bonds. The van der Waals surface area contributed by atoms with Crippen LogP contribution in [0.15, 0.2) is 24.3 Å². The Hall–Kier alpha value is -1.56. The Morgan fingerprint density at radius 1 is 1.38 bits per heavy atom. The zero-order valence-electron chi connectivity index (χ0n) is 19.3. The quantitative estimate of drug-likeness (QED) is 0.283. The van der Waals surface area contributed by atoms with Gasteiger partial charge in [0, 0.05) is 18.2 Å². The van der Waals surface area contributed by atoms with Crippen molar-refractivity contribution in [2.24, 2.45) is 5.92 Å². The summed E-state index contributed by atoms with van der Waals surface area (Å²) in [6.45, 7) is 8.68. The molecule has 5 rings (SSSR count). The van der Waals surface area contributed by atoms with Crippen LogP contribution < -0.4 is 10.1 Å². The standard InChI is InChI=1S/C18H18O4.C6H8NO2S.CH3.U/c1-3-18-12-6-4-11-5-8-13(20)16(15(11)18)22-17(18)14(9-7-12)21-10(2)19;1-4(8)7-5-2-3-10-6(5)9;;/h5-9,12,14,17,20H,1,3-4H2,2H3;5H,1-3H2,(H,7,8);1H3;/q-2;2*-1;+4/t12?,14-,17-,18-;;;/m0.../s1. The molecule has 4 aliphatic rings. The minimum atomic E-state index is -0.457. The van der Waals surface area contributed by atoms with Crippen molar-refractivity contribution in [3.8, 4) is 11.5 Å². The number of phenolic OH excluding ortho intramolecular Hbond substituents is 1. The number of aromatic hydroxyl groups is 1. The SMILES string of the molecule is [CH2-]C(=O)NC1CCSC1=O.[CH2-]C[C@]12c3c4ccc(O)c3O[C@H]1[C@@H](OC(C)=O)C=CC2[CH-]C4.[CH3-].[U+4]. The number of amides is 1. The van der Waals surface area contributed by atoms with E-state index in [-0.39, 0.29) is 84.8 Å². The van der Waals surface area contributed by atoms with Crippen LogP contribution in [0, 0.1) is 64.7 Å². The monoisotopic (exact) mass is 709 g/mol. The Morgan fingerprint density at radius 3 is 2.71 bits per heavy atom. The summed E-state index contributed by atoms with van der Waals surface area (Å²) in [7, 11) is 0. The molecule has 1 fully saturated rings. The van der Waals surface area contributed by atoms with Gasteiger partial charge in [-0.2, -0.15) is 12.8 Å². The number of thioether (sulfide) groups is 1. The maximum Gasteiger partial charge on any atom is 4.00 e. The van der Waals surface area contributed by atoms with Gasteiger partial charge in [0.2, 0.25) is 5.12 Å². The molecular formula is C25H29NO6SU. The van der Waals surface area contributed by atoms with Gasteiger partial charge in [-0.3, -0.25) is 9.59 Å². The Bertz CT molecular complexity index is 982. The third-order valence-corrected chi connectivity index (χ3v) is 7.43. The van der Waals surface area contributed by atoms with Gasteiger partial charge in [0.1, 0.15) is 6.10 Å². The summed E-state index contributed by atoms with van der Waals surface area (Å²) in [5.41, 5.74) is 1.84. The number of carbonyl (C=O) groups is 3. The number of benzene rings is 1. The van der Waals surface area contributed by atoms with E-state index < -0.39 is 6.10 Å². The first-order chi connectivity index (χ1) is 15.3. The average molecular weight is 710 g/mol. The molecule has 2 aliphatic carbocycles. The Labute approximate surface area is 229 Å². The van der Waals surface area contributed by atoms with Crippen molar-refractivity contribution in [3.05, 3.63) is 63.1 Å². The van der Waals surface area contributed by atoms with Gasteiger partial charge in [-0.05, 0) is 24.0 Å². The van der Waals surface area contributed by atoms with Crippen LogP contribution in [0.4, 0.5) is 0 Å². The molecule has 0 bridgehead atoms. The van der Waals surface area contributed by atoms with Gasteiger partial charge in [0.25, 0.3) is 0 Å². The molecular weight excluding hydrogens is 680 g/mol. The first kappa shape index (κ1) is 28.7. The molecule has 34 heavy (non-hydrogen) atoms. The smallest absolute Gasteiger partial charge is 0.504 e. The van der Waals surface area contributed by atoms with Crippen molar-refractivity contribution in [2.45, 2.75) is 49.9 Å². The summed E-state index contributed by atoms with van der Waals surface area (Å²) in [6, 6.07) is 3.34. The molecule has 0 spiro atoms. The molecule has 0 saturated carbocycles. The first-order valence-electron chi connectivity index (χ1n) is 10.6. The number of esters is 1. The van der Waals surface area contributed by atoms with Gasteiger partial charge in [-0.15, -0.1) is 12.0 Å². The van der Waals surface area contributed by atoms with Crippen molar-refractivity contribution in [1.29, 1.82) is 0 Å². The number of carbonyl (C=O) groups excluding carboxylic acids is 3. The largest absolute Gasteiger partial charge is 4.00 e. The summed E-state index contributed by atoms with van der Waals surface area (Å²) < 4.78 is 11.5. The van der Waals surface area contributed by atoms with Gasteiger partial charge in [-0.1, -0.05) is 23.4 Å². The van der Waals surface area contributed by atoms with Crippen molar-refractivity contribution in [2.75, 3.05) is 5.75 Å². The molecule has 2 unspecified atom stereocenters. The van der Waals surface area contributed by atoms with Gasteiger partial charge in [0.05, 0.1) is 11.9 Å². The van der Waals surface area contributed by atoms with E-state index in [1.807, 2.05) is 12.1 Å². The summed E-state index contributed by atoms with van der Waals surface area (Å²) in [4.78, 5) is 32.6. The first-order valence-corrected chi connectivity index (χ1v) is 11.6. The molecule has 2 heterocycles. The van der Waals surface area contributed by atoms with Gasteiger partial charge < -0.3 is 52.4 Å². The fourth-order valence-electron chi connectivity index (χ4n) is 5.10. The van der Waals surface area contributed by atoms with Gasteiger partial charge in [0.15, 0.2) is 17.6 Å². The Balaban J connectivity index is 0.000000292. The number of hydrogen-bond acceptors (Lipinski definition) is 7. The maximum atomic E-state index is 11.4. The minimum Gasteiger partial charge on any atom is -0.504 e. The molecule has 9 heteroatoms. The van der Waals surface area contributed by atoms with E-state index in [4.69, 9.17) is 9.47 Å². The average Bonchev–Trinajstić information content (AvgIpc) is 3.32. The Kier molecular flexibility index (Phi) is 9.66. The van der Waals surface area contributed by atoms with E-state index in [9.17, 15) is 19.5 Å².